The Balaban J connectivity index is 2.74. The minimum Gasteiger partial charge on any atom is -0.310 e. The molecule has 2 rings (SSSR count). The second-order valence-electron chi connectivity index (χ2n) is 3.86. The van der Waals surface area contributed by atoms with Crippen LogP contribution in [0.4, 0.5) is 0 Å². The van der Waals surface area contributed by atoms with E-state index in [0.717, 1.165) is 18.4 Å². The Morgan fingerprint density at radius 3 is 2.88 bits per heavy atom. The molecule has 1 heterocycles. The lowest BCUT2D eigenvalue weighted by Crippen LogP contribution is -2.10. The monoisotopic (exact) mass is 236 g/mol. The first kappa shape index (κ1) is 11.1. The summed E-state index contributed by atoms with van der Waals surface area (Å²) in [6.07, 6.45) is 1.88. The predicted octanol–water partition coefficient (Wildman–Crippen LogP) is 2.84. The van der Waals surface area contributed by atoms with Gasteiger partial charge in [-0.2, -0.15) is 0 Å². The average molecular weight is 237 g/mol. The van der Waals surface area contributed by atoms with Crippen LogP contribution in [0.25, 0.3) is 10.9 Å². The molecule has 0 atom stereocenters. The standard InChI is InChI=1S/C12H13ClN2O/c1-3-4-8-5-9-11(6-10(8)13)14-7(2)15-12(9)16/h5-6H,3-4H2,1-2H3,(H,14,15,16). The Morgan fingerprint density at radius 1 is 1.44 bits per heavy atom. The summed E-state index contributed by atoms with van der Waals surface area (Å²) in [5.74, 6) is 0.608. The van der Waals surface area contributed by atoms with Gasteiger partial charge in [-0.25, -0.2) is 4.98 Å². The Labute approximate surface area is 98.5 Å². The van der Waals surface area contributed by atoms with Gasteiger partial charge >= 0.3 is 0 Å². The third kappa shape index (κ3) is 1.95. The van der Waals surface area contributed by atoms with Gasteiger partial charge in [0.1, 0.15) is 5.82 Å². The van der Waals surface area contributed by atoms with Crippen molar-refractivity contribution in [3.8, 4) is 0 Å². The van der Waals surface area contributed by atoms with Crippen LogP contribution in [0.3, 0.4) is 0 Å². The van der Waals surface area contributed by atoms with Gasteiger partial charge in [-0.3, -0.25) is 4.79 Å². The van der Waals surface area contributed by atoms with Gasteiger partial charge in [-0.15, -0.1) is 0 Å². The van der Waals surface area contributed by atoms with Crippen molar-refractivity contribution in [1.82, 2.24) is 9.97 Å². The molecule has 1 aromatic heterocycles. The quantitative estimate of drug-likeness (QED) is 0.872. The first-order valence-electron chi connectivity index (χ1n) is 5.31. The van der Waals surface area contributed by atoms with Gasteiger partial charge in [0.15, 0.2) is 0 Å². The Kier molecular flexibility index (Phi) is 2.97. The van der Waals surface area contributed by atoms with Crippen LogP contribution in [0.5, 0.6) is 0 Å². The molecule has 0 unspecified atom stereocenters. The van der Waals surface area contributed by atoms with Gasteiger partial charge in [0.25, 0.3) is 5.56 Å². The van der Waals surface area contributed by atoms with Crippen LogP contribution in [0, 0.1) is 6.92 Å². The third-order valence-corrected chi connectivity index (χ3v) is 2.86. The molecule has 0 fully saturated rings. The van der Waals surface area contributed by atoms with Crippen molar-refractivity contribution in [1.29, 1.82) is 0 Å². The predicted molar refractivity (Wildman–Crippen MR) is 66.1 cm³/mol. The SMILES string of the molecule is CCCc1cc2c(=O)[nH]c(C)nc2cc1Cl. The van der Waals surface area contributed by atoms with E-state index >= 15 is 0 Å². The minimum atomic E-state index is -0.100. The first-order chi connectivity index (χ1) is 7.61. The lowest BCUT2D eigenvalue weighted by molar-refractivity contribution is 0.922. The number of aromatic nitrogens is 2. The van der Waals surface area contributed by atoms with Gasteiger partial charge in [0.2, 0.25) is 0 Å². The molecule has 0 spiro atoms. The molecule has 3 nitrogen and oxygen atoms in total. The van der Waals surface area contributed by atoms with E-state index in [4.69, 9.17) is 11.6 Å². The maximum absolute atomic E-state index is 11.7. The lowest BCUT2D eigenvalue weighted by Gasteiger charge is -2.05. The number of aromatic amines is 1. The summed E-state index contributed by atoms with van der Waals surface area (Å²) in [5.41, 5.74) is 1.57. The van der Waals surface area contributed by atoms with Crippen molar-refractivity contribution in [2.24, 2.45) is 0 Å². The number of halogens is 1. The third-order valence-electron chi connectivity index (χ3n) is 2.51. The van der Waals surface area contributed by atoms with Gasteiger partial charge in [0, 0.05) is 5.02 Å². The number of hydrogen-bond donors (Lipinski definition) is 1. The molecule has 16 heavy (non-hydrogen) atoms. The minimum absolute atomic E-state index is 0.100. The van der Waals surface area contributed by atoms with Crippen molar-refractivity contribution >= 4 is 22.5 Å². The van der Waals surface area contributed by atoms with Crippen molar-refractivity contribution in [3.05, 3.63) is 38.9 Å². The van der Waals surface area contributed by atoms with Crippen LogP contribution >= 0.6 is 11.6 Å². The largest absolute Gasteiger partial charge is 0.310 e. The maximum atomic E-state index is 11.7. The molecule has 0 aliphatic carbocycles. The highest BCUT2D eigenvalue weighted by Crippen LogP contribution is 2.22. The molecular formula is C12H13ClN2O. The van der Waals surface area contributed by atoms with Crippen LogP contribution in [0.15, 0.2) is 16.9 Å². The molecule has 1 aromatic carbocycles. The van der Waals surface area contributed by atoms with Gasteiger partial charge in [-0.1, -0.05) is 24.9 Å². The van der Waals surface area contributed by atoms with E-state index in [9.17, 15) is 4.79 Å². The number of nitrogens with one attached hydrogen (secondary N) is 1. The van der Waals surface area contributed by atoms with Crippen molar-refractivity contribution in [2.75, 3.05) is 0 Å². The second kappa shape index (κ2) is 4.26. The van der Waals surface area contributed by atoms with E-state index in [2.05, 4.69) is 16.9 Å². The lowest BCUT2D eigenvalue weighted by atomic mass is 10.1. The highest BCUT2D eigenvalue weighted by Gasteiger charge is 2.06. The van der Waals surface area contributed by atoms with Gasteiger partial charge in [-0.05, 0) is 31.0 Å². The molecule has 2 aromatic rings. The van der Waals surface area contributed by atoms with E-state index in [-0.39, 0.29) is 5.56 Å². The molecule has 84 valence electrons. The summed E-state index contributed by atoms with van der Waals surface area (Å²) in [5, 5.41) is 1.30. The summed E-state index contributed by atoms with van der Waals surface area (Å²) in [6.45, 7) is 3.84. The molecule has 0 saturated heterocycles. The summed E-state index contributed by atoms with van der Waals surface area (Å²) >= 11 is 6.13. The van der Waals surface area contributed by atoms with E-state index in [0.29, 0.717) is 21.7 Å². The second-order valence-corrected chi connectivity index (χ2v) is 4.27. The summed E-state index contributed by atoms with van der Waals surface area (Å²) in [6, 6.07) is 3.61. The fourth-order valence-corrected chi connectivity index (χ4v) is 2.04. The highest BCUT2D eigenvalue weighted by molar-refractivity contribution is 6.32. The number of nitrogens with zero attached hydrogens (tertiary/aromatic N) is 1. The molecule has 0 bridgehead atoms. The number of aryl methyl sites for hydroxylation is 2. The Hall–Kier alpha value is -1.35. The molecule has 4 heteroatoms. The molecular weight excluding hydrogens is 224 g/mol. The van der Waals surface area contributed by atoms with Crippen LogP contribution in [0.2, 0.25) is 5.02 Å². The van der Waals surface area contributed by atoms with Crippen LogP contribution in [-0.2, 0) is 6.42 Å². The smallest absolute Gasteiger partial charge is 0.258 e. The van der Waals surface area contributed by atoms with E-state index in [1.807, 2.05) is 6.07 Å². The number of rotatable bonds is 2. The Morgan fingerprint density at radius 2 is 2.19 bits per heavy atom. The normalized spacial score (nSPS) is 10.9. The van der Waals surface area contributed by atoms with Gasteiger partial charge in [0.05, 0.1) is 10.9 Å². The van der Waals surface area contributed by atoms with Crippen LogP contribution < -0.4 is 5.56 Å². The molecule has 0 aliphatic rings. The maximum Gasteiger partial charge on any atom is 0.258 e. The number of hydrogen-bond acceptors (Lipinski definition) is 2. The number of H-pyrrole nitrogens is 1. The molecule has 0 amide bonds. The zero-order valence-electron chi connectivity index (χ0n) is 9.30. The van der Waals surface area contributed by atoms with E-state index in [1.54, 1.807) is 13.0 Å². The van der Waals surface area contributed by atoms with Crippen LogP contribution in [0.1, 0.15) is 24.7 Å². The van der Waals surface area contributed by atoms with Gasteiger partial charge < -0.3 is 4.98 Å². The topological polar surface area (TPSA) is 45.8 Å². The summed E-state index contributed by atoms with van der Waals surface area (Å²) in [7, 11) is 0. The zero-order valence-corrected chi connectivity index (χ0v) is 10.1. The summed E-state index contributed by atoms with van der Waals surface area (Å²) < 4.78 is 0. The average Bonchev–Trinajstić information content (AvgIpc) is 2.20. The fourth-order valence-electron chi connectivity index (χ4n) is 1.78. The van der Waals surface area contributed by atoms with Crippen molar-refractivity contribution in [3.63, 3.8) is 0 Å². The molecule has 0 aliphatic heterocycles. The highest BCUT2D eigenvalue weighted by atomic mass is 35.5. The van der Waals surface area contributed by atoms with Crippen LogP contribution in [-0.4, -0.2) is 9.97 Å². The number of fused-ring (bicyclic) bond motifs is 1. The Bertz CT molecular complexity index is 589. The van der Waals surface area contributed by atoms with Crippen molar-refractivity contribution < 1.29 is 0 Å². The van der Waals surface area contributed by atoms with Crippen molar-refractivity contribution in [2.45, 2.75) is 26.7 Å². The molecule has 0 saturated carbocycles. The molecule has 0 radical (unpaired) electrons. The zero-order chi connectivity index (χ0) is 11.7. The first-order valence-corrected chi connectivity index (χ1v) is 5.68. The van der Waals surface area contributed by atoms with E-state index < -0.39 is 0 Å². The fraction of sp³-hybridized carbons (Fsp3) is 0.333. The van der Waals surface area contributed by atoms with E-state index in [1.165, 1.54) is 0 Å². The number of benzene rings is 1. The summed E-state index contributed by atoms with van der Waals surface area (Å²) in [4.78, 5) is 18.7. The molecule has 1 N–H and O–H groups in total.